The summed E-state index contributed by atoms with van der Waals surface area (Å²) in [6.07, 6.45) is 0. The van der Waals surface area contributed by atoms with Crippen molar-refractivity contribution in [1.29, 1.82) is 0 Å². The molecule has 6 heteroatoms. The Kier molecular flexibility index (Phi) is 4.09. The zero-order valence-electron chi connectivity index (χ0n) is 10.1. The van der Waals surface area contributed by atoms with Crippen molar-refractivity contribution < 1.29 is 4.79 Å². The molecule has 0 saturated carbocycles. The van der Waals surface area contributed by atoms with Crippen molar-refractivity contribution in [3.63, 3.8) is 0 Å². The van der Waals surface area contributed by atoms with E-state index in [2.05, 4.69) is 16.8 Å². The first-order valence-corrected chi connectivity index (χ1v) is 6.78. The van der Waals surface area contributed by atoms with Gasteiger partial charge < -0.3 is 15.5 Å². The quantitative estimate of drug-likeness (QED) is 0.847. The molecular weight excluding hydrogens is 236 g/mol. The predicted octanol–water partition coefficient (Wildman–Crippen LogP) is 0.380. The van der Waals surface area contributed by atoms with E-state index in [9.17, 15) is 4.79 Å². The molecule has 2 rings (SSSR count). The van der Waals surface area contributed by atoms with Gasteiger partial charge in [-0.1, -0.05) is 6.92 Å². The average molecular weight is 254 g/mol. The number of nitrogens with two attached hydrogens (primary N) is 1. The number of carbonyl (C=O) groups excluding carboxylic acids is 1. The topological polar surface area (TPSA) is 62.5 Å². The van der Waals surface area contributed by atoms with Gasteiger partial charge in [-0.15, -0.1) is 11.3 Å². The largest absolute Gasteiger partial charge is 0.335 e. The summed E-state index contributed by atoms with van der Waals surface area (Å²) >= 11 is 1.45. The maximum Gasteiger partial charge on any atom is 0.273 e. The lowest BCUT2D eigenvalue weighted by molar-refractivity contribution is 0.0638. The first-order valence-electron chi connectivity index (χ1n) is 5.90. The highest BCUT2D eigenvalue weighted by Crippen LogP contribution is 2.12. The minimum Gasteiger partial charge on any atom is -0.335 e. The number of aromatic nitrogens is 1. The molecule has 5 nitrogen and oxygen atoms in total. The summed E-state index contributed by atoms with van der Waals surface area (Å²) in [5, 5.41) is 2.62. The lowest BCUT2D eigenvalue weighted by atomic mass is 10.3. The van der Waals surface area contributed by atoms with E-state index < -0.39 is 0 Å². The van der Waals surface area contributed by atoms with E-state index in [0.717, 1.165) is 37.7 Å². The van der Waals surface area contributed by atoms with E-state index in [0.29, 0.717) is 12.2 Å². The van der Waals surface area contributed by atoms with E-state index in [1.807, 2.05) is 4.90 Å². The fourth-order valence-corrected chi connectivity index (χ4v) is 2.58. The highest BCUT2D eigenvalue weighted by molar-refractivity contribution is 7.09. The molecule has 0 radical (unpaired) electrons. The van der Waals surface area contributed by atoms with Crippen LogP contribution in [0.3, 0.4) is 0 Å². The SMILES string of the molecule is CCN1CCN(C(=O)c2csc(CN)n2)CC1. The summed E-state index contributed by atoms with van der Waals surface area (Å²) < 4.78 is 0. The van der Waals surface area contributed by atoms with Gasteiger partial charge in [-0.2, -0.15) is 0 Å². The minimum atomic E-state index is 0.0386. The van der Waals surface area contributed by atoms with Crippen molar-refractivity contribution >= 4 is 17.2 Å². The third-order valence-corrected chi connectivity index (χ3v) is 3.92. The molecule has 1 amide bonds. The van der Waals surface area contributed by atoms with E-state index in [-0.39, 0.29) is 5.91 Å². The van der Waals surface area contributed by atoms with Crippen molar-refractivity contribution in [2.75, 3.05) is 32.7 Å². The molecule has 0 unspecified atom stereocenters. The van der Waals surface area contributed by atoms with Crippen LogP contribution >= 0.6 is 11.3 Å². The first-order chi connectivity index (χ1) is 8.24. The lowest BCUT2D eigenvalue weighted by Gasteiger charge is -2.33. The second kappa shape index (κ2) is 5.57. The molecule has 2 heterocycles. The van der Waals surface area contributed by atoms with Crippen LogP contribution in [0.1, 0.15) is 22.4 Å². The molecule has 17 heavy (non-hydrogen) atoms. The number of carbonyl (C=O) groups is 1. The Morgan fingerprint density at radius 2 is 2.18 bits per heavy atom. The summed E-state index contributed by atoms with van der Waals surface area (Å²) in [5.74, 6) is 0.0386. The molecule has 1 fully saturated rings. The van der Waals surface area contributed by atoms with E-state index in [1.165, 1.54) is 11.3 Å². The van der Waals surface area contributed by atoms with Crippen molar-refractivity contribution in [3.05, 3.63) is 16.1 Å². The summed E-state index contributed by atoms with van der Waals surface area (Å²) in [5.41, 5.74) is 6.04. The molecular formula is C11H18N4OS. The van der Waals surface area contributed by atoms with Crippen LogP contribution in [0.4, 0.5) is 0 Å². The fraction of sp³-hybridized carbons (Fsp3) is 0.636. The van der Waals surface area contributed by atoms with Gasteiger partial charge in [-0.25, -0.2) is 4.98 Å². The number of thiazole rings is 1. The highest BCUT2D eigenvalue weighted by atomic mass is 32.1. The van der Waals surface area contributed by atoms with Crippen LogP contribution in [-0.4, -0.2) is 53.4 Å². The Labute approximate surface area is 105 Å². The summed E-state index contributed by atoms with van der Waals surface area (Å²) in [7, 11) is 0. The second-order valence-electron chi connectivity index (χ2n) is 4.06. The molecule has 1 aliphatic heterocycles. The number of amides is 1. The monoisotopic (exact) mass is 254 g/mol. The van der Waals surface area contributed by atoms with Crippen molar-refractivity contribution in [2.45, 2.75) is 13.5 Å². The Hall–Kier alpha value is -0.980. The number of piperazine rings is 1. The van der Waals surface area contributed by atoms with Gasteiger partial charge >= 0.3 is 0 Å². The third kappa shape index (κ3) is 2.83. The standard InChI is InChI=1S/C11H18N4OS/c1-2-14-3-5-15(6-4-14)11(16)9-8-17-10(7-12)13-9/h8H,2-7,12H2,1H3. The molecule has 2 N–H and O–H groups in total. The number of likely N-dealkylation sites (N-methyl/N-ethyl adjacent to an activating group) is 1. The zero-order valence-corrected chi connectivity index (χ0v) is 10.9. The molecule has 0 bridgehead atoms. The van der Waals surface area contributed by atoms with Gasteiger partial charge in [0.1, 0.15) is 10.7 Å². The molecule has 1 saturated heterocycles. The molecule has 94 valence electrons. The van der Waals surface area contributed by atoms with E-state index in [4.69, 9.17) is 5.73 Å². The minimum absolute atomic E-state index is 0.0386. The van der Waals surface area contributed by atoms with E-state index in [1.54, 1.807) is 5.38 Å². The van der Waals surface area contributed by atoms with E-state index >= 15 is 0 Å². The van der Waals surface area contributed by atoms with Crippen LogP contribution in [0.15, 0.2) is 5.38 Å². The average Bonchev–Trinajstić information content (AvgIpc) is 2.87. The van der Waals surface area contributed by atoms with Crippen LogP contribution in [0.2, 0.25) is 0 Å². The summed E-state index contributed by atoms with van der Waals surface area (Å²) in [4.78, 5) is 20.6. The van der Waals surface area contributed by atoms with Crippen molar-refractivity contribution in [1.82, 2.24) is 14.8 Å². The fourth-order valence-electron chi connectivity index (χ4n) is 1.93. The smallest absolute Gasteiger partial charge is 0.273 e. The highest BCUT2D eigenvalue weighted by Gasteiger charge is 2.22. The van der Waals surface area contributed by atoms with Crippen LogP contribution in [0.25, 0.3) is 0 Å². The number of hydrogen-bond acceptors (Lipinski definition) is 5. The number of rotatable bonds is 3. The van der Waals surface area contributed by atoms with Crippen LogP contribution in [0.5, 0.6) is 0 Å². The molecule has 1 aliphatic rings. The third-order valence-electron chi connectivity index (χ3n) is 3.05. The van der Waals surface area contributed by atoms with Gasteiger partial charge in [-0.05, 0) is 6.54 Å². The van der Waals surface area contributed by atoms with Crippen LogP contribution < -0.4 is 5.73 Å². The Balaban J connectivity index is 1.96. The van der Waals surface area contributed by atoms with Gasteiger partial charge in [0.15, 0.2) is 0 Å². The molecule has 0 spiro atoms. The number of nitrogens with zero attached hydrogens (tertiary/aromatic N) is 3. The summed E-state index contributed by atoms with van der Waals surface area (Å²) in [6, 6.07) is 0. The Morgan fingerprint density at radius 3 is 2.71 bits per heavy atom. The molecule has 0 aromatic carbocycles. The Bertz CT molecular complexity index is 385. The van der Waals surface area contributed by atoms with Gasteiger partial charge in [0.2, 0.25) is 0 Å². The molecule has 0 aliphatic carbocycles. The van der Waals surface area contributed by atoms with Crippen molar-refractivity contribution in [3.8, 4) is 0 Å². The Morgan fingerprint density at radius 1 is 1.47 bits per heavy atom. The van der Waals surface area contributed by atoms with Crippen LogP contribution in [0, 0.1) is 0 Å². The summed E-state index contributed by atoms with van der Waals surface area (Å²) in [6.45, 7) is 7.10. The normalized spacial score (nSPS) is 17.4. The first kappa shape index (κ1) is 12.5. The van der Waals surface area contributed by atoms with Crippen molar-refractivity contribution in [2.24, 2.45) is 5.73 Å². The van der Waals surface area contributed by atoms with Gasteiger partial charge in [0, 0.05) is 38.1 Å². The van der Waals surface area contributed by atoms with Gasteiger partial charge in [0.05, 0.1) is 0 Å². The predicted molar refractivity (Wildman–Crippen MR) is 68.0 cm³/mol. The second-order valence-corrected chi connectivity index (χ2v) is 5.00. The molecule has 1 aromatic heterocycles. The van der Waals surface area contributed by atoms with Crippen LogP contribution in [-0.2, 0) is 6.54 Å². The zero-order chi connectivity index (χ0) is 12.3. The molecule has 1 aromatic rings. The maximum atomic E-state index is 12.1. The maximum absolute atomic E-state index is 12.1. The number of hydrogen-bond donors (Lipinski definition) is 1. The lowest BCUT2D eigenvalue weighted by Crippen LogP contribution is -2.48. The van der Waals surface area contributed by atoms with Gasteiger partial charge in [-0.3, -0.25) is 4.79 Å². The molecule has 0 atom stereocenters. The van der Waals surface area contributed by atoms with Gasteiger partial charge in [0.25, 0.3) is 5.91 Å².